The number of carbonyl (C=O) groups excluding carboxylic acids is 4. The molecule has 1 amide bonds. The first-order valence-electron chi connectivity index (χ1n) is 13.9. The van der Waals surface area contributed by atoms with E-state index in [0.717, 1.165) is 37.3 Å². The number of Topliss-reactive ketones (excluding diaryl/α,β-unsaturated/α-hetero) is 2. The Labute approximate surface area is 234 Å². The summed E-state index contributed by atoms with van der Waals surface area (Å²) in [7, 11) is 1.37. The predicted octanol–water partition coefficient (Wildman–Crippen LogP) is 4.47. The highest BCUT2D eigenvalue weighted by Crippen LogP contribution is 2.56. The lowest BCUT2D eigenvalue weighted by Crippen LogP contribution is -2.47. The van der Waals surface area contributed by atoms with Crippen LogP contribution < -0.4 is 14.8 Å². The molecule has 1 heterocycles. The molecule has 8 nitrogen and oxygen atoms in total. The first-order chi connectivity index (χ1) is 19.0. The smallest absolute Gasteiger partial charge is 0.259 e. The first kappa shape index (κ1) is 29.1. The quantitative estimate of drug-likeness (QED) is 0.445. The van der Waals surface area contributed by atoms with E-state index in [-0.39, 0.29) is 40.7 Å². The van der Waals surface area contributed by atoms with Gasteiger partial charge >= 0.3 is 0 Å². The molecule has 0 fully saturated rings. The Morgan fingerprint density at radius 2 is 1.60 bits per heavy atom. The molecule has 8 heteroatoms. The third-order valence-electron chi connectivity index (χ3n) is 8.34. The molecule has 0 radical (unpaired) electrons. The molecule has 2 N–H and O–H groups in total. The largest absolute Gasteiger partial charge is 0.507 e. The molecule has 0 saturated heterocycles. The first-order valence-corrected chi connectivity index (χ1v) is 13.9. The van der Waals surface area contributed by atoms with E-state index in [1.54, 1.807) is 0 Å². The molecule has 0 saturated carbocycles. The van der Waals surface area contributed by atoms with Gasteiger partial charge in [0.15, 0.2) is 17.3 Å². The van der Waals surface area contributed by atoms with E-state index in [9.17, 15) is 24.3 Å². The lowest BCUT2D eigenvalue weighted by atomic mass is 9.67. The second-order valence-electron chi connectivity index (χ2n) is 10.5. The van der Waals surface area contributed by atoms with Crippen molar-refractivity contribution in [2.45, 2.75) is 79.2 Å². The minimum atomic E-state index is -1.61. The van der Waals surface area contributed by atoms with Crippen LogP contribution in [0.1, 0.15) is 85.3 Å². The zero-order chi connectivity index (χ0) is 29.5. The Balaban J connectivity index is 1.82. The third kappa shape index (κ3) is 4.30. The van der Waals surface area contributed by atoms with Crippen LogP contribution in [0, 0.1) is 5.92 Å². The molecule has 0 bridgehead atoms. The van der Waals surface area contributed by atoms with Gasteiger partial charge in [-0.25, -0.2) is 0 Å². The van der Waals surface area contributed by atoms with Crippen molar-refractivity contribution in [3.8, 4) is 17.2 Å². The van der Waals surface area contributed by atoms with Crippen molar-refractivity contribution in [2.75, 3.05) is 7.11 Å². The zero-order valence-corrected chi connectivity index (χ0v) is 24.2. The van der Waals surface area contributed by atoms with E-state index >= 15 is 0 Å². The standard InChI is InChI=1S/C32H37NO7/c1-8-17-12-18(9-2)20(11-4)21(19(17)10-3)15-33-31(38)27-24(39-7)13-23(36)28-29(27)40-25-14-22(35)26(16(5)34)30(37)32(25,28)6/h12-14,26,36H,8-11,15H2,1-7H3,(H,33,38)/t26?,32-/m1/s1. The average Bonchev–Trinajstić information content (AvgIpc) is 3.23. The van der Waals surface area contributed by atoms with E-state index in [1.807, 2.05) is 0 Å². The van der Waals surface area contributed by atoms with Crippen molar-refractivity contribution in [1.29, 1.82) is 0 Å². The van der Waals surface area contributed by atoms with Crippen molar-refractivity contribution in [3.63, 3.8) is 0 Å². The Morgan fingerprint density at radius 3 is 2.10 bits per heavy atom. The number of nitrogens with one attached hydrogen (secondary N) is 1. The Morgan fingerprint density at radius 1 is 1.00 bits per heavy atom. The number of allylic oxidation sites excluding steroid dienone is 2. The predicted molar refractivity (Wildman–Crippen MR) is 150 cm³/mol. The summed E-state index contributed by atoms with van der Waals surface area (Å²) in [4.78, 5) is 52.1. The van der Waals surface area contributed by atoms with Crippen LogP contribution in [0.4, 0.5) is 0 Å². The number of aromatic hydroxyl groups is 1. The number of benzene rings is 2. The molecule has 40 heavy (non-hydrogen) atoms. The van der Waals surface area contributed by atoms with Gasteiger partial charge in [0.25, 0.3) is 5.91 Å². The zero-order valence-electron chi connectivity index (χ0n) is 24.2. The summed E-state index contributed by atoms with van der Waals surface area (Å²) in [5, 5.41) is 14.0. The Hall–Kier alpha value is -3.94. The molecule has 212 valence electrons. The molecule has 2 atom stereocenters. The van der Waals surface area contributed by atoms with Crippen LogP contribution in [-0.4, -0.2) is 35.5 Å². The monoisotopic (exact) mass is 547 g/mol. The maximum Gasteiger partial charge on any atom is 0.259 e. The fraction of sp³-hybridized carbons (Fsp3) is 0.438. The molecule has 4 rings (SSSR count). The minimum Gasteiger partial charge on any atom is -0.507 e. The minimum absolute atomic E-state index is 0.00454. The van der Waals surface area contributed by atoms with E-state index in [4.69, 9.17) is 9.47 Å². The summed E-state index contributed by atoms with van der Waals surface area (Å²) in [5.74, 6) is -4.35. The summed E-state index contributed by atoms with van der Waals surface area (Å²) >= 11 is 0. The highest BCUT2D eigenvalue weighted by molar-refractivity contribution is 6.27. The van der Waals surface area contributed by atoms with Crippen LogP contribution in [0.3, 0.4) is 0 Å². The summed E-state index contributed by atoms with van der Waals surface area (Å²) in [6.07, 6.45) is 4.54. The maximum atomic E-state index is 13.8. The average molecular weight is 548 g/mol. The van der Waals surface area contributed by atoms with Crippen molar-refractivity contribution < 1.29 is 33.8 Å². The number of ketones is 3. The second-order valence-corrected chi connectivity index (χ2v) is 10.5. The number of ether oxygens (including phenoxy) is 2. The number of phenolic OH excluding ortho intramolecular Hbond substituents is 1. The molecule has 0 spiro atoms. The van der Waals surface area contributed by atoms with Gasteiger partial charge in [0, 0.05) is 18.7 Å². The van der Waals surface area contributed by atoms with Crippen LogP contribution in [0.25, 0.3) is 0 Å². The van der Waals surface area contributed by atoms with Gasteiger partial charge in [-0.3, -0.25) is 19.2 Å². The van der Waals surface area contributed by atoms with Crippen LogP contribution in [0.15, 0.2) is 24.0 Å². The van der Waals surface area contributed by atoms with E-state index < -0.39 is 34.6 Å². The molecule has 1 aliphatic heterocycles. The van der Waals surface area contributed by atoms with Crippen LogP contribution in [-0.2, 0) is 52.0 Å². The molecule has 0 aromatic heterocycles. The molecule has 2 aromatic carbocycles. The van der Waals surface area contributed by atoms with Gasteiger partial charge in [-0.05, 0) is 67.3 Å². The number of amides is 1. The van der Waals surface area contributed by atoms with Crippen molar-refractivity contribution in [2.24, 2.45) is 5.92 Å². The number of fused-ring (bicyclic) bond motifs is 3. The van der Waals surface area contributed by atoms with Crippen LogP contribution >= 0.6 is 0 Å². The maximum absolute atomic E-state index is 13.8. The van der Waals surface area contributed by atoms with E-state index in [2.05, 4.69) is 39.1 Å². The van der Waals surface area contributed by atoms with Gasteiger partial charge in [0.2, 0.25) is 0 Å². The van der Waals surface area contributed by atoms with Crippen molar-refractivity contribution in [3.05, 3.63) is 62.9 Å². The Kier molecular flexibility index (Phi) is 7.92. The number of phenols is 1. The molecular formula is C32H37NO7. The van der Waals surface area contributed by atoms with Crippen LogP contribution in [0.5, 0.6) is 17.2 Å². The van der Waals surface area contributed by atoms with E-state index in [1.165, 1.54) is 49.3 Å². The summed E-state index contributed by atoms with van der Waals surface area (Å²) < 4.78 is 11.4. The normalized spacial score (nSPS) is 19.5. The molecule has 1 aliphatic carbocycles. The number of methoxy groups -OCH3 is 1. The molecule has 1 unspecified atom stereocenters. The summed E-state index contributed by atoms with van der Waals surface area (Å²) in [6.45, 7) is 11.4. The number of hydrogen-bond acceptors (Lipinski definition) is 7. The fourth-order valence-corrected chi connectivity index (χ4v) is 6.29. The van der Waals surface area contributed by atoms with E-state index in [0.29, 0.717) is 0 Å². The van der Waals surface area contributed by atoms with Crippen molar-refractivity contribution >= 4 is 23.3 Å². The number of rotatable bonds is 9. The SMILES string of the molecule is CCc1cc(CC)c(CC)c(CNC(=O)c2c(OC)cc(O)c3c2OC2=CC(=O)C(C(C)=O)C(=O)[C@]23C)c1CC. The molecular weight excluding hydrogens is 510 g/mol. The third-order valence-corrected chi connectivity index (χ3v) is 8.34. The number of aryl methyl sites for hydroxylation is 2. The lowest BCUT2D eigenvalue weighted by Gasteiger charge is -2.30. The van der Waals surface area contributed by atoms with Crippen LogP contribution in [0.2, 0.25) is 0 Å². The highest BCUT2D eigenvalue weighted by atomic mass is 16.5. The Bertz CT molecular complexity index is 1440. The highest BCUT2D eigenvalue weighted by Gasteiger charge is 2.58. The van der Waals surface area contributed by atoms with Crippen molar-refractivity contribution in [1.82, 2.24) is 5.32 Å². The molecule has 2 aromatic rings. The summed E-state index contributed by atoms with van der Waals surface area (Å²) in [5.41, 5.74) is 4.50. The lowest BCUT2D eigenvalue weighted by molar-refractivity contribution is -0.140. The van der Waals surface area contributed by atoms with Gasteiger partial charge in [-0.1, -0.05) is 33.8 Å². The van der Waals surface area contributed by atoms with Gasteiger partial charge < -0.3 is 19.9 Å². The number of hydrogen-bond donors (Lipinski definition) is 2. The van der Waals surface area contributed by atoms with Gasteiger partial charge in [0.05, 0.1) is 12.7 Å². The van der Waals surface area contributed by atoms with Gasteiger partial charge in [0.1, 0.15) is 39.9 Å². The number of carbonyl (C=O) groups is 4. The topological polar surface area (TPSA) is 119 Å². The second kappa shape index (κ2) is 10.9. The van der Waals surface area contributed by atoms with Gasteiger partial charge in [-0.2, -0.15) is 0 Å². The fourth-order valence-electron chi connectivity index (χ4n) is 6.29. The summed E-state index contributed by atoms with van der Waals surface area (Å²) in [6, 6.07) is 3.54. The molecule has 2 aliphatic rings. The van der Waals surface area contributed by atoms with Gasteiger partial charge in [-0.15, -0.1) is 0 Å².